The Morgan fingerprint density at radius 3 is 1.76 bits per heavy atom. The smallest absolute Gasteiger partial charge is 0.138 e. The monoisotopic (exact) mass is 609 g/mol. The van der Waals surface area contributed by atoms with E-state index in [9.17, 15) is 0 Å². The molecule has 8 rings (SSSR count). The number of H-pyrrole nitrogens is 1. The Morgan fingerprint density at radius 1 is 0.587 bits per heavy atom. The van der Waals surface area contributed by atoms with Crippen molar-refractivity contribution in [1.29, 1.82) is 0 Å². The third-order valence-electron chi connectivity index (χ3n) is 10.0. The predicted molar refractivity (Wildman–Crippen MR) is 189 cm³/mol. The third kappa shape index (κ3) is 6.29. The van der Waals surface area contributed by atoms with E-state index in [0.29, 0.717) is 0 Å². The molecule has 3 aliphatic rings. The molecule has 4 heterocycles. The van der Waals surface area contributed by atoms with Gasteiger partial charge >= 0.3 is 0 Å². The van der Waals surface area contributed by atoms with Crippen LogP contribution in [-0.4, -0.2) is 102 Å². The topological polar surface area (TPSA) is 54.0 Å². The van der Waals surface area contributed by atoms with Gasteiger partial charge in [-0.2, -0.15) is 0 Å². The first kappa shape index (κ1) is 29.3. The quantitative estimate of drug-likeness (QED) is 0.243. The standard InChI is InChI=1S/C39H43N7/c1-43-15-19-45(20-16-43)26-28-3-7-30(8-4-28)36-25-34-12-11-32(23-37(34)40-36)33-13-14-35-38(24-33)42-39(41-35)31-9-5-29(6-10-31)27-46-21-17-44(2)18-22-46/h3-14,23-24H,15-22,25-27H2,1-2H3,(H,41,42). The Kier molecular flexibility index (Phi) is 8.00. The van der Waals surface area contributed by atoms with Gasteiger partial charge in [-0.05, 0) is 65.7 Å². The summed E-state index contributed by atoms with van der Waals surface area (Å²) < 4.78 is 0. The van der Waals surface area contributed by atoms with Crippen molar-refractivity contribution in [3.8, 4) is 22.5 Å². The highest BCUT2D eigenvalue weighted by molar-refractivity contribution is 6.06. The average Bonchev–Trinajstić information content (AvgIpc) is 3.71. The number of aromatic nitrogens is 2. The molecule has 2 saturated heterocycles. The summed E-state index contributed by atoms with van der Waals surface area (Å²) in [6, 6.07) is 31.2. The lowest BCUT2D eigenvalue weighted by Gasteiger charge is -2.32. The predicted octanol–water partition coefficient (Wildman–Crippen LogP) is 6.07. The van der Waals surface area contributed by atoms with Crippen LogP contribution in [0, 0.1) is 0 Å². The molecule has 0 radical (unpaired) electrons. The van der Waals surface area contributed by atoms with Gasteiger partial charge in [0.1, 0.15) is 5.82 Å². The lowest BCUT2D eigenvalue weighted by molar-refractivity contribution is 0.148. The molecule has 234 valence electrons. The zero-order valence-electron chi connectivity index (χ0n) is 27.0. The fourth-order valence-corrected chi connectivity index (χ4v) is 6.95. The van der Waals surface area contributed by atoms with E-state index in [1.807, 2.05) is 0 Å². The second-order valence-electron chi connectivity index (χ2n) is 13.4. The van der Waals surface area contributed by atoms with E-state index in [1.165, 1.54) is 33.4 Å². The highest BCUT2D eigenvalue weighted by Gasteiger charge is 2.19. The van der Waals surface area contributed by atoms with Gasteiger partial charge in [0.25, 0.3) is 0 Å². The molecule has 0 unspecified atom stereocenters. The number of fused-ring (bicyclic) bond motifs is 2. The number of hydrogen-bond acceptors (Lipinski definition) is 6. The van der Waals surface area contributed by atoms with Gasteiger partial charge in [0.2, 0.25) is 0 Å². The number of rotatable bonds is 7. The first-order valence-electron chi connectivity index (χ1n) is 16.7. The summed E-state index contributed by atoms with van der Waals surface area (Å²) in [5, 5.41) is 0. The number of piperazine rings is 2. The summed E-state index contributed by atoms with van der Waals surface area (Å²) in [6.07, 6.45) is 0.879. The minimum absolute atomic E-state index is 0.879. The molecule has 0 saturated carbocycles. The number of nitrogens with zero attached hydrogens (tertiary/aromatic N) is 6. The normalized spacial score (nSPS) is 18.3. The maximum Gasteiger partial charge on any atom is 0.138 e. The van der Waals surface area contributed by atoms with Crippen molar-refractivity contribution in [3.05, 3.63) is 107 Å². The maximum absolute atomic E-state index is 5.09. The minimum Gasteiger partial charge on any atom is -0.338 e. The minimum atomic E-state index is 0.879. The summed E-state index contributed by atoms with van der Waals surface area (Å²) in [5.41, 5.74) is 13.0. The Labute approximate surface area is 272 Å². The van der Waals surface area contributed by atoms with E-state index in [1.54, 1.807) is 0 Å². The molecule has 5 aromatic rings. The SMILES string of the molecule is CN1CCN(Cc2ccc(C3=Nc4cc(-c5ccc6nc(-c7ccc(CN8CCN(C)CC8)cc7)[nH]c6c5)ccc4C3)cc2)CC1. The van der Waals surface area contributed by atoms with Gasteiger partial charge in [-0.3, -0.25) is 14.8 Å². The fraction of sp³-hybridized carbons (Fsp3) is 0.333. The van der Waals surface area contributed by atoms with E-state index in [0.717, 1.165) is 106 Å². The number of aliphatic imine (C=N–C) groups is 1. The Morgan fingerprint density at radius 2 is 1.13 bits per heavy atom. The van der Waals surface area contributed by atoms with Gasteiger partial charge in [0.15, 0.2) is 0 Å². The fourth-order valence-electron chi connectivity index (χ4n) is 6.95. The summed E-state index contributed by atoms with van der Waals surface area (Å²) in [6.45, 7) is 11.2. The van der Waals surface area contributed by atoms with Crippen LogP contribution in [0.4, 0.5) is 5.69 Å². The van der Waals surface area contributed by atoms with Crippen molar-refractivity contribution < 1.29 is 0 Å². The van der Waals surface area contributed by atoms with Gasteiger partial charge in [-0.25, -0.2) is 4.98 Å². The molecule has 3 aliphatic heterocycles. The number of nitrogens with one attached hydrogen (secondary N) is 1. The van der Waals surface area contributed by atoms with Crippen LogP contribution in [0.3, 0.4) is 0 Å². The molecule has 0 aliphatic carbocycles. The molecule has 0 amide bonds. The van der Waals surface area contributed by atoms with Crippen LogP contribution in [0.15, 0.2) is 89.9 Å². The highest BCUT2D eigenvalue weighted by Crippen LogP contribution is 2.34. The lowest BCUT2D eigenvalue weighted by atomic mass is 9.99. The van der Waals surface area contributed by atoms with Gasteiger partial charge in [-0.15, -0.1) is 0 Å². The van der Waals surface area contributed by atoms with Crippen LogP contribution in [0.5, 0.6) is 0 Å². The molecule has 7 heteroatoms. The maximum atomic E-state index is 5.09. The molecule has 1 aromatic heterocycles. The molecule has 0 bridgehead atoms. The van der Waals surface area contributed by atoms with Gasteiger partial charge in [0, 0.05) is 77.4 Å². The third-order valence-corrected chi connectivity index (χ3v) is 10.0. The van der Waals surface area contributed by atoms with E-state index in [2.05, 4.69) is 124 Å². The van der Waals surface area contributed by atoms with Gasteiger partial charge in [-0.1, -0.05) is 66.7 Å². The van der Waals surface area contributed by atoms with Crippen LogP contribution in [0.2, 0.25) is 0 Å². The van der Waals surface area contributed by atoms with Crippen molar-refractivity contribution in [1.82, 2.24) is 29.6 Å². The van der Waals surface area contributed by atoms with Crippen LogP contribution in [0.25, 0.3) is 33.5 Å². The number of imidazole rings is 1. The Bertz CT molecular complexity index is 1860. The van der Waals surface area contributed by atoms with Crippen molar-refractivity contribution in [2.45, 2.75) is 19.5 Å². The largest absolute Gasteiger partial charge is 0.338 e. The van der Waals surface area contributed by atoms with Crippen LogP contribution in [0.1, 0.15) is 22.3 Å². The van der Waals surface area contributed by atoms with Crippen LogP contribution >= 0.6 is 0 Å². The van der Waals surface area contributed by atoms with Crippen molar-refractivity contribution in [3.63, 3.8) is 0 Å². The van der Waals surface area contributed by atoms with Crippen molar-refractivity contribution in [2.24, 2.45) is 4.99 Å². The Balaban J connectivity index is 0.950. The number of aromatic amines is 1. The molecular formula is C39H43N7. The van der Waals surface area contributed by atoms with E-state index in [4.69, 9.17) is 9.98 Å². The number of likely N-dealkylation sites (N-methyl/N-ethyl adjacent to an activating group) is 2. The second kappa shape index (κ2) is 12.6. The van der Waals surface area contributed by atoms with Gasteiger partial charge < -0.3 is 14.8 Å². The van der Waals surface area contributed by atoms with Crippen LogP contribution < -0.4 is 0 Å². The van der Waals surface area contributed by atoms with Crippen molar-refractivity contribution >= 4 is 22.4 Å². The second-order valence-corrected chi connectivity index (χ2v) is 13.4. The van der Waals surface area contributed by atoms with Crippen LogP contribution in [-0.2, 0) is 19.5 Å². The summed E-state index contributed by atoms with van der Waals surface area (Å²) in [7, 11) is 4.41. The average molecular weight is 610 g/mol. The first-order valence-corrected chi connectivity index (χ1v) is 16.7. The summed E-state index contributed by atoms with van der Waals surface area (Å²) >= 11 is 0. The lowest BCUT2D eigenvalue weighted by Crippen LogP contribution is -2.43. The van der Waals surface area contributed by atoms with Crippen molar-refractivity contribution in [2.75, 3.05) is 66.5 Å². The highest BCUT2D eigenvalue weighted by atomic mass is 15.2. The first-order chi connectivity index (χ1) is 22.5. The zero-order valence-corrected chi connectivity index (χ0v) is 27.0. The number of benzene rings is 4. The molecule has 46 heavy (non-hydrogen) atoms. The molecule has 7 nitrogen and oxygen atoms in total. The molecule has 4 aromatic carbocycles. The summed E-state index contributed by atoms with van der Waals surface area (Å²) in [4.78, 5) is 23.5. The van der Waals surface area contributed by atoms with E-state index >= 15 is 0 Å². The molecule has 1 N–H and O–H groups in total. The Hall–Kier alpha value is -4.14. The van der Waals surface area contributed by atoms with E-state index < -0.39 is 0 Å². The summed E-state index contributed by atoms with van der Waals surface area (Å²) in [5.74, 6) is 0.913. The molecule has 2 fully saturated rings. The molecule has 0 atom stereocenters. The molecular weight excluding hydrogens is 566 g/mol. The van der Waals surface area contributed by atoms with E-state index in [-0.39, 0.29) is 0 Å². The number of hydrogen-bond donors (Lipinski definition) is 1. The zero-order chi connectivity index (χ0) is 31.0. The molecule has 0 spiro atoms. The van der Waals surface area contributed by atoms with Gasteiger partial charge in [0.05, 0.1) is 22.4 Å².